The van der Waals surface area contributed by atoms with Crippen molar-refractivity contribution in [3.63, 3.8) is 0 Å². The second-order valence-corrected chi connectivity index (χ2v) is 14.1. The maximum Gasteiger partial charge on any atom is 0.360 e. The van der Waals surface area contributed by atoms with E-state index < -0.39 is 25.5 Å². The third-order valence-corrected chi connectivity index (χ3v) is 10.4. The number of nitrogens with one attached hydrogen (secondary N) is 2. The fourth-order valence-electron chi connectivity index (χ4n) is 5.84. The van der Waals surface area contributed by atoms with Gasteiger partial charge in [0, 0.05) is 19.8 Å². The minimum Gasteiger partial charge on any atom is -0.494 e. The van der Waals surface area contributed by atoms with Gasteiger partial charge >= 0.3 is 7.60 Å². The first-order valence-corrected chi connectivity index (χ1v) is 18.7. The van der Waals surface area contributed by atoms with Crippen molar-refractivity contribution in [3.8, 4) is 17.1 Å². The number of unbranched alkanes of at least 4 members (excludes halogenated alkanes) is 1. The minimum atomic E-state index is -3.61. The highest BCUT2D eigenvalue weighted by molar-refractivity contribution is 7.62. The van der Waals surface area contributed by atoms with Gasteiger partial charge in [-0.25, -0.2) is 5.06 Å². The number of benzene rings is 3. The van der Waals surface area contributed by atoms with E-state index in [2.05, 4.69) is 28.8 Å². The third-order valence-electron chi connectivity index (χ3n) is 8.57. The van der Waals surface area contributed by atoms with Gasteiger partial charge in [0.15, 0.2) is 5.76 Å². The number of rotatable bonds is 21. The number of carbonyl (C=O) groups is 3. The fraction of sp³-hybridized carbons (Fsp3) is 0.395. The zero-order valence-electron chi connectivity index (χ0n) is 29.9. The maximum atomic E-state index is 13.7. The van der Waals surface area contributed by atoms with Gasteiger partial charge in [0.2, 0.25) is 12.3 Å². The number of ether oxygens (including phenoxy) is 1. The second-order valence-electron chi connectivity index (χ2n) is 11.9. The molecular formula is C38H48N3O9P. The molecule has 4 aromatic rings. The molecule has 2 atom stereocenters. The predicted molar refractivity (Wildman–Crippen MR) is 196 cm³/mol. The topological polar surface area (TPSA) is 146 Å². The number of hydroxylamine groups is 2. The van der Waals surface area contributed by atoms with Crippen molar-refractivity contribution >= 4 is 41.9 Å². The Morgan fingerprint density at radius 1 is 0.941 bits per heavy atom. The number of amides is 3. The molecule has 51 heavy (non-hydrogen) atoms. The van der Waals surface area contributed by atoms with Crippen molar-refractivity contribution in [3.05, 3.63) is 84.1 Å². The van der Waals surface area contributed by atoms with E-state index in [9.17, 15) is 18.9 Å². The van der Waals surface area contributed by atoms with Crippen LogP contribution in [0, 0.1) is 5.92 Å². The zero-order valence-corrected chi connectivity index (χ0v) is 30.8. The summed E-state index contributed by atoms with van der Waals surface area (Å²) >= 11 is 0. The molecule has 0 aliphatic carbocycles. The van der Waals surface area contributed by atoms with Crippen LogP contribution in [0.5, 0.6) is 5.75 Å². The van der Waals surface area contributed by atoms with E-state index >= 15 is 0 Å². The summed E-state index contributed by atoms with van der Waals surface area (Å²) in [5.74, 6) is -0.756. The van der Waals surface area contributed by atoms with E-state index in [0.717, 1.165) is 29.2 Å². The van der Waals surface area contributed by atoms with E-state index in [1.54, 1.807) is 24.3 Å². The average Bonchev–Trinajstić information content (AvgIpc) is 3.66. The van der Waals surface area contributed by atoms with E-state index in [0.29, 0.717) is 56.0 Å². The van der Waals surface area contributed by atoms with Gasteiger partial charge in [-0.1, -0.05) is 62.7 Å². The summed E-state index contributed by atoms with van der Waals surface area (Å²) in [6, 6.07) is 21.7. The number of hydrogen-bond acceptors (Lipinski definition) is 9. The van der Waals surface area contributed by atoms with Crippen LogP contribution in [0.25, 0.3) is 22.1 Å². The summed E-state index contributed by atoms with van der Waals surface area (Å²) in [5, 5.41) is 9.27. The van der Waals surface area contributed by atoms with Crippen LogP contribution in [0.1, 0.15) is 62.6 Å². The van der Waals surface area contributed by atoms with Gasteiger partial charge in [-0.05, 0) is 79.3 Å². The fourth-order valence-corrected chi connectivity index (χ4v) is 6.99. The highest BCUT2D eigenvalue weighted by Gasteiger charge is 2.32. The van der Waals surface area contributed by atoms with Gasteiger partial charge in [0.1, 0.15) is 11.5 Å². The molecule has 12 nitrogen and oxygen atoms in total. The molecule has 0 bridgehead atoms. The first-order valence-electron chi connectivity index (χ1n) is 17.2. The van der Waals surface area contributed by atoms with Crippen LogP contribution in [0.4, 0.5) is 0 Å². The molecule has 0 radical (unpaired) electrons. The van der Waals surface area contributed by atoms with Crippen LogP contribution in [0.3, 0.4) is 0 Å². The van der Waals surface area contributed by atoms with Crippen LogP contribution < -0.4 is 20.7 Å². The molecular weight excluding hydrogens is 673 g/mol. The van der Waals surface area contributed by atoms with E-state index in [1.807, 2.05) is 45.0 Å². The Labute approximate surface area is 299 Å². The lowest BCUT2D eigenvalue weighted by Crippen LogP contribution is -2.48. The Hall–Kier alpha value is -4.48. The molecule has 1 heterocycles. The Morgan fingerprint density at radius 2 is 1.71 bits per heavy atom. The second kappa shape index (κ2) is 19.2. The highest BCUT2D eigenvalue weighted by atomic mass is 31.2. The molecule has 0 saturated heterocycles. The van der Waals surface area contributed by atoms with Crippen molar-refractivity contribution in [2.45, 2.75) is 58.9 Å². The normalized spacial score (nSPS) is 12.6. The summed E-state index contributed by atoms with van der Waals surface area (Å²) < 4.78 is 34.9. The standard InChI is InChI=1S/C38H48N3O9P/c1-6-9-20-49-41(26-42)34(7-2)33(17-15-27-14-16-28-12-10-11-13-29(28)21-27)37(43)39-25-40-38(44)36-19-18-35(50-36)30-22-31(48-8-3)24-32(23-30)51(45,46-4)47-5/h10-14,16,18-19,21-24,26,33-34H,6-9,15,17,20,25H2,1-5H3,(H,39,43)(H,40,44)/t33-,34-/m1/s1. The van der Waals surface area contributed by atoms with Gasteiger partial charge < -0.3 is 28.8 Å². The van der Waals surface area contributed by atoms with E-state index in [1.165, 1.54) is 25.3 Å². The SMILES string of the molecule is CCCCON(C=O)[C@H](CC)[C@@H](CCc1ccc2ccccc2c1)C(=O)NCNC(=O)c1ccc(-c2cc(OCC)cc(P(=O)(OC)OC)c2)o1. The summed E-state index contributed by atoms with van der Waals surface area (Å²) in [6.07, 6.45) is 3.83. The van der Waals surface area contributed by atoms with E-state index in [4.69, 9.17) is 23.0 Å². The lowest BCUT2D eigenvalue weighted by Gasteiger charge is -2.32. The zero-order chi connectivity index (χ0) is 36.8. The summed E-state index contributed by atoms with van der Waals surface area (Å²) in [7, 11) is -1.02. The van der Waals surface area contributed by atoms with Crippen LogP contribution >= 0.6 is 7.60 Å². The largest absolute Gasteiger partial charge is 0.494 e. The smallest absolute Gasteiger partial charge is 0.360 e. The predicted octanol–water partition coefficient (Wildman–Crippen LogP) is 6.63. The van der Waals surface area contributed by atoms with Crippen molar-refractivity contribution in [1.82, 2.24) is 15.7 Å². The lowest BCUT2D eigenvalue weighted by atomic mass is 9.89. The first kappa shape index (κ1) is 39.3. The summed E-state index contributed by atoms with van der Waals surface area (Å²) in [4.78, 5) is 44.8. The van der Waals surface area contributed by atoms with Crippen LogP contribution in [0.2, 0.25) is 0 Å². The molecule has 13 heteroatoms. The van der Waals surface area contributed by atoms with Crippen LogP contribution in [-0.2, 0) is 34.5 Å². The summed E-state index contributed by atoms with van der Waals surface area (Å²) in [5.41, 5.74) is 1.57. The molecule has 2 N–H and O–H groups in total. The van der Waals surface area contributed by atoms with Gasteiger partial charge in [-0.3, -0.25) is 23.8 Å². The third kappa shape index (κ3) is 10.3. The molecule has 0 aliphatic heterocycles. The number of hydrogen-bond donors (Lipinski definition) is 2. The molecule has 1 aromatic heterocycles. The Bertz CT molecular complexity index is 1800. The summed E-state index contributed by atoms with van der Waals surface area (Å²) in [6.45, 7) is 6.32. The molecule has 0 fully saturated rings. The lowest BCUT2D eigenvalue weighted by molar-refractivity contribution is -0.195. The quantitative estimate of drug-likeness (QED) is 0.0318. The Kier molecular flexibility index (Phi) is 14.8. The average molecular weight is 722 g/mol. The number of fused-ring (bicyclic) bond motifs is 1. The van der Waals surface area contributed by atoms with Crippen molar-refractivity contribution in [1.29, 1.82) is 0 Å². The molecule has 0 aliphatic rings. The highest BCUT2D eigenvalue weighted by Crippen LogP contribution is 2.46. The Morgan fingerprint density at radius 3 is 2.39 bits per heavy atom. The van der Waals surface area contributed by atoms with Crippen molar-refractivity contribution < 1.29 is 42.0 Å². The van der Waals surface area contributed by atoms with Gasteiger partial charge in [-0.2, -0.15) is 0 Å². The molecule has 0 saturated carbocycles. The molecule has 0 unspecified atom stereocenters. The first-order chi connectivity index (χ1) is 24.7. The van der Waals surface area contributed by atoms with Crippen LogP contribution in [-0.4, -0.2) is 63.4 Å². The number of carbonyl (C=O) groups excluding carboxylic acids is 3. The molecule has 0 spiro atoms. The minimum absolute atomic E-state index is 0.0000191. The number of furan rings is 1. The van der Waals surface area contributed by atoms with Gasteiger partial charge in [0.05, 0.1) is 37.1 Å². The molecule has 3 amide bonds. The maximum absolute atomic E-state index is 13.7. The van der Waals surface area contributed by atoms with Crippen molar-refractivity contribution in [2.24, 2.45) is 5.92 Å². The van der Waals surface area contributed by atoms with Crippen molar-refractivity contribution in [2.75, 3.05) is 34.1 Å². The molecule has 3 aromatic carbocycles. The number of aryl methyl sites for hydroxylation is 1. The monoisotopic (exact) mass is 721 g/mol. The van der Waals surface area contributed by atoms with Gasteiger partial charge in [-0.15, -0.1) is 0 Å². The molecule has 274 valence electrons. The molecule has 4 rings (SSSR count). The van der Waals surface area contributed by atoms with Crippen LogP contribution in [0.15, 0.2) is 77.2 Å². The number of nitrogens with zero attached hydrogens (tertiary/aromatic N) is 1. The Balaban J connectivity index is 1.46. The van der Waals surface area contributed by atoms with Gasteiger partial charge in [0.25, 0.3) is 5.91 Å². The van der Waals surface area contributed by atoms with E-state index in [-0.39, 0.29) is 23.6 Å².